The van der Waals surface area contributed by atoms with Crippen molar-refractivity contribution >= 4 is 11.8 Å². The van der Waals surface area contributed by atoms with E-state index >= 15 is 0 Å². The van der Waals surface area contributed by atoms with Crippen molar-refractivity contribution in [3.05, 3.63) is 35.9 Å². The van der Waals surface area contributed by atoms with E-state index in [1.165, 1.54) is 4.90 Å². The summed E-state index contributed by atoms with van der Waals surface area (Å²) >= 11 is 0. The molecule has 0 unspecified atom stereocenters. The van der Waals surface area contributed by atoms with Gasteiger partial charge in [-0.2, -0.15) is 5.06 Å². The second-order valence-corrected chi connectivity index (χ2v) is 3.68. The quantitative estimate of drug-likeness (QED) is 0.726. The van der Waals surface area contributed by atoms with Crippen molar-refractivity contribution in [2.75, 3.05) is 13.1 Å². The lowest BCUT2D eigenvalue weighted by molar-refractivity contribution is -0.173. The molecule has 5 nitrogen and oxygen atoms in total. The minimum atomic E-state index is -0.373. The lowest BCUT2D eigenvalue weighted by Crippen LogP contribution is -2.52. The number of nitrogens with zero attached hydrogens (tertiary/aromatic N) is 2. The Kier molecular flexibility index (Phi) is 2.98. The molecule has 1 fully saturated rings. The second-order valence-electron chi connectivity index (χ2n) is 3.68. The highest BCUT2D eigenvalue weighted by molar-refractivity contribution is 5.99. The molecule has 1 aromatic carbocycles. The zero-order chi connectivity index (χ0) is 11.5. The highest BCUT2D eigenvalue weighted by Gasteiger charge is 2.29. The van der Waals surface area contributed by atoms with E-state index in [4.69, 9.17) is 5.21 Å². The van der Waals surface area contributed by atoms with Gasteiger partial charge in [-0.05, 0) is 5.56 Å². The third kappa shape index (κ3) is 2.26. The fraction of sp³-hybridized carbons (Fsp3) is 0.273. The number of hydroxylamine groups is 2. The first-order valence-electron chi connectivity index (χ1n) is 4.98. The molecule has 1 saturated heterocycles. The van der Waals surface area contributed by atoms with E-state index in [1.807, 2.05) is 30.3 Å². The number of benzene rings is 1. The summed E-state index contributed by atoms with van der Waals surface area (Å²) in [5, 5.41) is 9.83. The normalized spacial score (nSPS) is 17.9. The number of hydrogen-bond donors (Lipinski definition) is 1. The molecule has 0 aliphatic carbocycles. The predicted octanol–water partition coefficient (Wildman–Crippen LogP) is 0.247. The van der Waals surface area contributed by atoms with E-state index in [2.05, 4.69) is 0 Å². The Hall–Kier alpha value is -1.72. The van der Waals surface area contributed by atoms with Crippen LogP contribution in [0.1, 0.15) is 5.56 Å². The average molecular weight is 220 g/mol. The molecular formula is C11H12N2O3. The van der Waals surface area contributed by atoms with Crippen molar-refractivity contribution in [3.8, 4) is 0 Å². The van der Waals surface area contributed by atoms with E-state index in [0.29, 0.717) is 0 Å². The predicted molar refractivity (Wildman–Crippen MR) is 55.4 cm³/mol. The van der Waals surface area contributed by atoms with Gasteiger partial charge in [0.15, 0.2) is 0 Å². The summed E-state index contributed by atoms with van der Waals surface area (Å²) < 4.78 is 0. The van der Waals surface area contributed by atoms with Gasteiger partial charge in [-0.1, -0.05) is 30.3 Å². The molecule has 0 saturated carbocycles. The number of hydrogen-bond acceptors (Lipinski definition) is 4. The Morgan fingerprint density at radius 1 is 1.06 bits per heavy atom. The molecule has 0 spiro atoms. The molecule has 1 N–H and O–H groups in total. The fourth-order valence-corrected chi connectivity index (χ4v) is 1.62. The molecule has 0 bridgehead atoms. The van der Waals surface area contributed by atoms with Crippen LogP contribution >= 0.6 is 0 Å². The maximum Gasteiger partial charge on any atom is 0.246 e. The molecule has 1 heterocycles. The number of imide groups is 1. The van der Waals surface area contributed by atoms with Crippen LogP contribution in [0.25, 0.3) is 0 Å². The van der Waals surface area contributed by atoms with Gasteiger partial charge in [0, 0.05) is 0 Å². The number of piperazine rings is 1. The summed E-state index contributed by atoms with van der Waals surface area (Å²) in [6.45, 7) is 0.0174. The first kappa shape index (κ1) is 10.8. The molecule has 5 heteroatoms. The summed E-state index contributed by atoms with van der Waals surface area (Å²) in [5.74, 6) is -0.745. The molecule has 0 radical (unpaired) electrons. The Morgan fingerprint density at radius 2 is 1.62 bits per heavy atom. The molecular weight excluding hydrogens is 208 g/mol. The molecule has 16 heavy (non-hydrogen) atoms. The fourth-order valence-electron chi connectivity index (χ4n) is 1.62. The summed E-state index contributed by atoms with van der Waals surface area (Å²) in [7, 11) is 0. The highest BCUT2D eigenvalue weighted by Crippen LogP contribution is 2.09. The Morgan fingerprint density at radius 3 is 2.19 bits per heavy atom. The maximum atomic E-state index is 11.5. The van der Waals surface area contributed by atoms with Crippen LogP contribution in [0.3, 0.4) is 0 Å². The Labute approximate surface area is 92.8 Å². The lowest BCUT2D eigenvalue weighted by atomic mass is 10.2. The first-order chi connectivity index (χ1) is 7.66. The Bertz CT molecular complexity index is 387. The van der Waals surface area contributed by atoms with Gasteiger partial charge < -0.3 is 5.21 Å². The van der Waals surface area contributed by atoms with Crippen molar-refractivity contribution in [1.82, 2.24) is 9.96 Å². The molecule has 0 aromatic heterocycles. The summed E-state index contributed by atoms with van der Waals surface area (Å²) in [6, 6.07) is 9.29. The average Bonchev–Trinajstić information content (AvgIpc) is 2.25. The van der Waals surface area contributed by atoms with Crippen molar-refractivity contribution in [2.45, 2.75) is 6.54 Å². The minimum absolute atomic E-state index is 0.126. The molecule has 1 aliphatic heterocycles. The van der Waals surface area contributed by atoms with E-state index in [1.54, 1.807) is 0 Å². The summed E-state index contributed by atoms with van der Waals surface area (Å²) in [4.78, 5) is 24.2. The van der Waals surface area contributed by atoms with Crippen LogP contribution < -0.4 is 0 Å². The van der Waals surface area contributed by atoms with Crippen molar-refractivity contribution in [1.29, 1.82) is 0 Å². The van der Waals surface area contributed by atoms with E-state index in [9.17, 15) is 9.59 Å². The van der Waals surface area contributed by atoms with Crippen LogP contribution in [0, 0.1) is 0 Å². The van der Waals surface area contributed by atoms with Crippen LogP contribution in [0.15, 0.2) is 30.3 Å². The number of amides is 2. The molecule has 1 aliphatic rings. The van der Waals surface area contributed by atoms with Gasteiger partial charge in [0.2, 0.25) is 11.8 Å². The molecule has 0 atom stereocenters. The number of carbonyl (C=O) groups is 2. The first-order valence-corrected chi connectivity index (χ1v) is 4.98. The van der Waals surface area contributed by atoms with Gasteiger partial charge in [-0.25, -0.2) is 0 Å². The van der Waals surface area contributed by atoms with Crippen molar-refractivity contribution < 1.29 is 14.8 Å². The van der Waals surface area contributed by atoms with Crippen LogP contribution in [0.4, 0.5) is 0 Å². The number of rotatable bonds is 2. The largest absolute Gasteiger partial charge is 0.313 e. The van der Waals surface area contributed by atoms with Gasteiger partial charge in [0.05, 0.1) is 6.54 Å². The van der Waals surface area contributed by atoms with Gasteiger partial charge in [0.1, 0.15) is 13.1 Å². The van der Waals surface area contributed by atoms with Gasteiger partial charge in [0.25, 0.3) is 0 Å². The molecule has 84 valence electrons. The monoisotopic (exact) mass is 220 g/mol. The van der Waals surface area contributed by atoms with Gasteiger partial charge >= 0.3 is 0 Å². The van der Waals surface area contributed by atoms with Crippen LogP contribution in [0.5, 0.6) is 0 Å². The summed E-state index contributed by atoms with van der Waals surface area (Å²) in [6.07, 6.45) is 0. The molecule has 2 rings (SSSR count). The highest BCUT2D eigenvalue weighted by atomic mass is 16.5. The lowest BCUT2D eigenvalue weighted by Gasteiger charge is -2.29. The van der Waals surface area contributed by atoms with Crippen molar-refractivity contribution in [3.63, 3.8) is 0 Å². The third-order valence-corrected chi connectivity index (χ3v) is 2.42. The number of carbonyl (C=O) groups excluding carboxylic acids is 2. The van der Waals surface area contributed by atoms with Crippen LogP contribution in [-0.2, 0) is 16.1 Å². The topological polar surface area (TPSA) is 60.9 Å². The minimum Gasteiger partial charge on any atom is -0.313 e. The third-order valence-electron chi connectivity index (χ3n) is 2.42. The zero-order valence-corrected chi connectivity index (χ0v) is 8.67. The standard InChI is InChI=1S/C11H12N2O3/c14-10-7-12(16)8-11(15)13(10)6-9-4-2-1-3-5-9/h1-5,16H,6-8H2. The molecule has 1 aromatic rings. The van der Waals surface area contributed by atoms with E-state index in [0.717, 1.165) is 10.6 Å². The van der Waals surface area contributed by atoms with Crippen LogP contribution in [0.2, 0.25) is 0 Å². The van der Waals surface area contributed by atoms with Crippen LogP contribution in [-0.4, -0.2) is 40.1 Å². The smallest absolute Gasteiger partial charge is 0.246 e. The van der Waals surface area contributed by atoms with Gasteiger partial charge in [-0.3, -0.25) is 14.5 Å². The second kappa shape index (κ2) is 4.42. The molecule has 2 amide bonds. The summed E-state index contributed by atoms with van der Waals surface area (Å²) in [5.41, 5.74) is 0.899. The van der Waals surface area contributed by atoms with E-state index < -0.39 is 0 Å². The zero-order valence-electron chi connectivity index (χ0n) is 8.67. The van der Waals surface area contributed by atoms with Crippen molar-refractivity contribution in [2.24, 2.45) is 0 Å². The maximum absolute atomic E-state index is 11.5. The SMILES string of the molecule is O=C1CN(O)CC(=O)N1Cc1ccccc1. The van der Waals surface area contributed by atoms with E-state index in [-0.39, 0.29) is 31.4 Å². The van der Waals surface area contributed by atoms with Gasteiger partial charge in [-0.15, -0.1) is 0 Å². The Balaban J connectivity index is 2.10.